The SMILES string of the molecule is COc1ccc(OC)c(NC(=O)c2ccc(C)cc2I)c1. The number of carbonyl (C=O) groups is 1. The Hall–Kier alpha value is -1.76. The Kier molecular flexibility index (Phi) is 5.06. The van der Waals surface area contributed by atoms with Gasteiger partial charge in [-0.3, -0.25) is 4.79 Å². The number of hydrogen-bond acceptors (Lipinski definition) is 3. The van der Waals surface area contributed by atoms with E-state index in [0.29, 0.717) is 22.7 Å². The number of benzene rings is 2. The van der Waals surface area contributed by atoms with Gasteiger partial charge < -0.3 is 14.8 Å². The molecule has 2 aromatic rings. The Morgan fingerprint density at radius 2 is 1.86 bits per heavy atom. The summed E-state index contributed by atoms with van der Waals surface area (Å²) >= 11 is 2.16. The molecule has 0 spiro atoms. The van der Waals surface area contributed by atoms with E-state index in [1.807, 2.05) is 25.1 Å². The smallest absolute Gasteiger partial charge is 0.256 e. The van der Waals surface area contributed by atoms with Gasteiger partial charge in [0.1, 0.15) is 11.5 Å². The molecule has 0 saturated heterocycles. The number of hydrogen-bond donors (Lipinski definition) is 1. The average molecular weight is 397 g/mol. The summed E-state index contributed by atoms with van der Waals surface area (Å²) in [6, 6.07) is 11.0. The number of methoxy groups -OCH3 is 2. The highest BCUT2D eigenvalue weighted by Crippen LogP contribution is 2.29. The molecule has 0 radical (unpaired) electrons. The van der Waals surface area contributed by atoms with Crippen molar-refractivity contribution in [3.05, 3.63) is 51.1 Å². The maximum absolute atomic E-state index is 12.4. The molecule has 0 bridgehead atoms. The van der Waals surface area contributed by atoms with Crippen LogP contribution in [0.1, 0.15) is 15.9 Å². The maximum atomic E-state index is 12.4. The first-order valence-electron chi connectivity index (χ1n) is 6.34. The number of rotatable bonds is 4. The summed E-state index contributed by atoms with van der Waals surface area (Å²) in [5, 5.41) is 2.86. The van der Waals surface area contributed by atoms with E-state index in [0.717, 1.165) is 9.13 Å². The number of nitrogens with one attached hydrogen (secondary N) is 1. The van der Waals surface area contributed by atoms with Crippen molar-refractivity contribution in [2.45, 2.75) is 6.92 Å². The standard InChI is InChI=1S/C16H16INO3/c1-10-4-6-12(13(17)8-10)16(19)18-14-9-11(20-2)5-7-15(14)21-3/h4-9H,1-3H3,(H,18,19). The van der Waals surface area contributed by atoms with Crippen molar-refractivity contribution in [3.63, 3.8) is 0 Å². The molecule has 110 valence electrons. The van der Waals surface area contributed by atoms with Crippen LogP contribution in [0.25, 0.3) is 0 Å². The molecule has 0 heterocycles. The molecule has 4 nitrogen and oxygen atoms in total. The third-order valence-electron chi connectivity index (χ3n) is 3.02. The molecule has 0 unspecified atom stereocenters. The van der Waals surface area contributed by atoms with Crippen LogP contribution in [0.4, 0.5) is 5.69 Å². The van der Waals surface area contributed by atoms with Gasteiger partial charge in [0.2, 0.25) is 0 Å². The van der Waals surface area contributed by atoms with E-state index in [1.165, 1.54) is 0 Å². The number of anilines is 1. The zero-order valence-electron chi connectivity index (χ0n) is 12.1. The van der Waals surface area contributed by atoms with Gasteiger partial charge >= 0.3 is 0 Å². The number of ether oxygens (including phenoxy) is 2. The molecule has 0 fully saturated rings. The zero-order valence-corrected chi connectivity index (χ0v) is 14.2. The Morgan fingerprint density at radius 3 is 2.48 bits per heavy atom. The summed E-state index contributed by atoms with van der Waals surface area (Å²) in [4.78, 5) is 12.4. The Morgan fingerprint density at radius 1 is 1.10 bits per heavy atom. The summed E-state index contributed by atoms with van der Waals surface area (Å²) in [5.74, 6) is 1.07. The van der Waals surface area contributed by atoms with E-state index < -0.39 is 0 Å². The van der Waals surface area contributed by atoms with E-state index in [-0.39, 0.29) is 5.91 Å². The van der Waals surface area contributed by atoms with Crippen LogP contribution in [0.15, 0.2) is 36.4 Å². The van der Waals surface area contributed by atoms with Crippen molar-refractivity contribution in [2.24, 2.45) is 0 Å². The molecule has 1 amide bonds. The van der Waals surface area contributed by atoms with E-state index in [1.54, 1.807) is 32.4 Å². The molecule has 5 heteroatoms. The van der Waals surface area contributed by atoms with Crippen molar-refractivity contribution in [1.29, 1.82) is 0 Å². The predicted molar refractivity (Wildman–Crippen MR) is 91.4 cm³/mol. The summed E-state index contributed by atoms with van der Waals surface area (Å²) in [5.41, 5.74) is 2.33. The van der Waals surface area contributed by atoms with Gasteiger partial charge in [-0.1, -0.05) is 11.6 Å². The highest BCUT2D eigenvalue weighted by atomic mass is 127. The summed E-state index contributed by atoms with van der Waals surface area (Å²) in [6.07, 6.45) is 0. The molecule has 2 aromatic carbocycles. The normalized spacial score (nSPS) is 10.1. The first kappa shape index (κ1) is 15.6. The molecule has 0 saturated carbocycles. The lowest BCUT2D eigenvalue weighted by atomic mass is 10.1. The third-order valence-corrected chi connectivity index (χ3v) is 3.92. The van der Waals surface area contributed by atoms with Gasteiger partial charge in [0.05, 0.1) is 25.5 Å². The summed E-state index contributed by atoms with van der Waals surface area (Å²) in [6.45, 7) is 1.99. The number of halogens is 1. The van der Waals surface area contributed by atoms with Crippen LogP contribution in [0.2, 0.25) is 0 Å². The summed E-state index contributed by atoms with van der Waals surface area (Å²) < 4.78 is 11.3. The monoisotopic (exact) mass is 397 g/mol. The lowest BCUT2D eigenvalue weighted by Gasteiger charge is -2.12. The van der Waals surface area contributed by atoms with Crippen LogP contribution >= 0.6 is 22.6 Å². The van der Waals surface area contributed by atoms with Crippen LogP contribution < -0.4 is 14.8 Å². The van der Waals surface area contributed by atoms with Gasteiger partial charge in [-0.25, -0.2) is 0 Å². The lowest BCUT2D eigenvalue weighted by Crippen LogP contribution is -2.14. The molecule has 2 rings (SSSR count). The second-order valence-corrected chi connectivity index (χ2v) is 5.67. The fraction of sp³-hybridized carbons (Fsp3) is 0.188. The molecule has 0 aliphatic heterocycles. The topological polar surface area (TPSA) is 47.6 Å². The highest BCUT2D eigenvalue weighted by Gasteiger charge is 2.13. The van der Waals surface area contributed by atoms with Gasteiger partial charge in [0, 0.05) is 9.64 Å². The molecular formula is C16H16INO3. The van der Waals surface area contributed by atoms with Gasteiger partial charge in [-0.15, -0.1) is 0 Å². The molecule has 0 aliphatic rings. The summed E-state index contributed by atoms with van der Waals surface area (Å²) in [7, 11) is 3.14. The molecular weight excluding hydrogens is 381 g/mol. The van der Waals surface area contributed by atoms with Crippen molar-refractivity contribution >= 4 is 34.2 Å². The molecule has 21 heavy (non-hydrogen) atoms. The fourth-order valence-corrected chi connectivity index (χ4v) is 2.82. The second kappa shape index (κ2) is 6.80. The maximum Gasteiger partial charge on any atom is 0.256 e. The molecule has 0 aromatic heterocycles. The van der Waals surface area contributed by atoms with Gasteiger partial charge in [-0.05, 0) is 53.8 Å². The minimum Gasteiger partial charge on any atom is -0.497 e. The van der Waals surface area contributed by atoms with E-state index in [2.05, 4.69) is 27.9 Å². The van der Waals surface area contributed by atoms with Gasteiger partial charge in [0.25, 0.3) is 5.91 Å². The van der Waals surface area contributed by atoms with Crippen LogP contribution in [0, 0.1) is 10.5 Å². The Balaban J connectivity index is 2.30. The van der Waals surface area contributed by atoms with Gasteiger partial charge in [-0.2, -0.15) is 0 Å². The second-order valence-electron chi connectivity index (χ2n) is 4.50. The van der Waals surface area contributed by atoms with Gasteiger partial charge in [0.15, 0.2) is 0 Å². The largest absolute Gasteiger partial charge is 0.497 e. The van der Waals surface area contributed by atoms with E-state index >= 15 is 0 Å². The van der Waals surface area contributed by atoms with Crippen LogP contribution in [0.3, 0.4) is 0 Å². The molecule has 1 N–H and O–H groups in total. The van der Waals surface area contributed by atoms with Crippen molar-refractivity contribution in [3.8, 4) is 11.5 Å². The minimum absolute atomic E-state index is 0.175. The predicted octanol–water partition coefficient (Wildman–Crippen LogP) is 3.87. The zero-order chi connectivity index (χ0) is 15.4. The highest BCUT2D eigenvalue weighted by molar-refractivity contribution is 14.1. The minimum atomic E-state index is -0.175. The first-order valence-corrected chi connectivity index (χ1v) is 7.42. The Labute approximate surface area is 137 Å². The quantitative estimate of drug-likeness (QED) is 0.797. The number of carbonyl (C=O) groups excluding carboxylic acids is 1. The van der Waals surface area contributed by atoms with Crippen molar-refractivity contribution in [2.75, 3.05) is 19.5 Å². The van der Waals surface area contributed by atoms with Crippen LogP contribution in [-0.4, -0.2) is 20.1 Å². The van der Waals surface area contributed by atoms with E-state index in [9.17, 15) is 4.79 Å². The molecule has 0 atom stereocenters. The number of amides is 1. The third kappa shape index (κ3) is 3.66. The first-order chi connectivity index (χ1) is 10.0. The van der Waals surface area contributed by atoms with Crippen LogP contribution in [-0.2, 0) is 0 Å². The average Bonchev–Trinajstić information content (AvgIpc) is 2.46. The molecule has 0 aliphatic carbocycles. The fourth-order valence-electron chi connectivity index (χ4n) is 1.91. The Bertz CT molecular complexity index is 671. The van der Waals surface area contributed by atoms with Crippen LogP contribution in [0.5, 0.6) is 11.5 Å². The van der Waals surface area contributed by atoms with Crippen molar-refractivity contribution in [1.82, 2.24) is 0 Å². The lowest BCUT2D eigenvalue weighted by molar-refractivity contribution is 0.102. The van der Waals surface area contributed by atoms with E-state index in [4.69, 9.17) is 9.47 Å². The van der Waals surface area contributed by atoms with Crippen molar-refractivity contribution < 1.29 is 14.3 Å². The number of aryl methyl sites for hydroxylation is 1.